The normalized spacial score (nSPS) is 12.3. The second-order valence-corrected chi connectivity index (χ2v) is 8.90. The standard InChI is InChI=1S/C28H25NO4/c1-5-18-14-19(26(30)33-28(2,3)4)16-20(15-18)29-27(31)32-17-25-23-12-8-6-10-21(23)22-11-7-9-13-24(22)25/h1,6-16,25H,17H2,2-4H3,(H,29,31). The number of benzene rings is 3. The number of amides is 1. The molecule has 166 valence electrons. The lowest BCUT2D eigenvalue weighted by molar-refractivity contribution is 0.00694. The van der Waals surface area contributed by atoms with Crippen molar-refractivity contribution in [1.29, 1.82) is 0 Å². The van der Waals surface area contributed by atoms with Crippen LogP contribution in [0, 0.1) is 12.3 Å². The van der Waals surface area contributed by atoms with Gasteiger partial charge in [0.2, 0.25) is 0 Å². The molecule has 0 unspecified atom stereocenters. The van der Waals surface area contributed by atoms with Gasteiger partial charge < -0.3 is 9.47 Å². The van der Waals surface area contributed by atoms with Crippen LogP contribution in [0.3, 0.4) is 0 Å². The smallest absolute Gasteiger partial charge is 0.411 e. The molecule has 0 aliphatic heterocycles. The Morgan fingerprint density at radius 1 is 0.970 bits per heavy atom. The Morgan fingerprint density at radius 2 is 1.58 bits per heavy atom. The highest BCUT2D eigenvalue weighted by Gasteiger charge is 2.29. The van der Waals surface area contributed by atoms with Gasteiger partial charge in [-0.2, -0.15) is 0 Å². The maximum atomic E-state index is 12.6. The summed E-state index contributed by atoms with van der Waals surface area (Å²) in [7, 11) is 0. The quantitative estimate of drug-likeness (QED) is 0.401. The maximum Gasteiger partial charge on any atom is 0.411 e. The molecule has 4 rings (SSSR count). The van der Waals surface area contributed by atoms with Crippen LogP contribution in [-0.4, -0.2) is 24.3 Å². The molecule has 0 saturated carbocycles. The zero-order chi connectivity index (χ0) is 23.6. The van der Waals surface area contributed by atoms with Gasteiger partial charge in [0, 0.05) is 17.2 Å². The molecule has 0 saturated heterocycles. The summed E-state index contributed by atoms with van der Waals surface area (Å²) >= 11 is 0. The van der Waals surface area contributed by atoms with Crippen LogP contribution in [0.5, 0.6) is 0 Å². The van der Waals surface area contributed by atoms with Gasteiger partial charge in [-0.3, -0.25) is 5.32 Å². The van der Waals surface area contributed by atoms with Crippen LogP contribution >= 0.6 is 0 Å². The van der Waals surface area contributed by atoms with Crippen molar-refractivity contribution in [3.63, 3.8) is 0 Å². The third-order valence-corrected chi connectivity index (χ3v) is 5.32. The highest BCUT2D eigenvalue weighted by molar-refractivity contribution is 5.93. The SMILES string of the molecule is C#Cc1cc(NC(=O)OCC2c3ccccc3-c3ccccc32)cc(C(=O)OC(C)(C)C)c1. The first kappa shape index (κ1) is 22.2. The number of hydrogen-bond acceptors (Lipinski definition) is 4. The third-order valence-electron chi connectivity index (χ3n) is 5.32. The first-order valence-electron chi connectivity index (χ1n) is 10.7. The van der Waals surface area contributed by atoms with Crippen LogP contribution in [0.2, 0.25) is 0 Å². The summed E-state index contributed by atoms with van der Waals surface area (Å²) in [6, 6.07) is 21.0. The minimum absolute atomic E-state index is 0.0440. The second-order valence-electron chi connectivity index (χ2n) is 8.90. The van der Waals surface area contributed by atoms with E-state index in [4.69, 9.17) is 15.9 Å². The molecular formula is C28H25NO4. The molecule has 5 nitrogen and oxygen atoms in total. The molecule has 0 radical (unpaired) electrons. The topological polar surface area (TPSA) is 64.6 Å². The number of ether oxygens (including phenoxy) is 2. The Kier molecular flexibility index (Phi) is 5.93. The van der Waals surface area contributed by atoms with Crippen LogP contribution in [0.25, 0.3) is 11.1 Å². The Balaban J connectivity index is 1.48. The van der Waals surface area contributed by atoms with Crippen LogP contribution < -0.4 is 5.32 Å². The van der Waals surface area contributed by atoms with E-state index in [1.807, 2.05) is 24.3 Å². The van der Waals surface area contributed by atoms with Gasteiger partial charge >= 0.3 is 12.1 Å². The van der Waals surface area contributed by atoms with Gasteiger partial charge in [-0.05, 0) is 61.2 Å². The van der Waals surface area contributed by atoms with E-state index in [0.29, 0.717) is 11.3 Å². The molecule has 0 bridgehead atoms. The van der Waals surface area contributed by atoms with E-state index in [1.54, 1.807) is 32.9 Å². The van der Waals surface area contributed by atoms with Crippen molar-refractivity contribution < 1.29 is 19.1 Å². The molecule has 1 aliphatic rings. The lowest BCUT2D eigenvalue weighted by Gasteiger charge is -2.20. The highest BCUT2D eigenvalue weighted by Crippen LogP contribution is 2.44. The summed E-state index contributed by atoms with van der Waals surface area (Å²) in [4.78, 5) is 25.1. The summed E-state index contributed by atoms with van der Waals surface area (Å²) < 4.78 is 11.0. The van der Waals surface area contributed by atoms with Crippen molar-refractivity contribution in [1.82, 2.24) is 0 Å². The zero-order valence-corrected chi connectivity index (χ0v) is 18.8. The summed E-state index contributed by atoms with van der Waals surface area (Å²) in [6.07, 6.45) is 4.91. The molecule has 1 amide bonds. The van der Waals surface area contributed by atoms with E-state index in [2.05, 4.69) is 35.5 Å². The van der Waals surface area contributed by atoms with Gasteiger partial charge in [0.15, 0.2) is 0 Å². The van der Waals surface area contributed by atoms with E-state index >= 15 is 0 Å². The van der Waals surface area contributed by atoms with Crippen molar-refractivity contribution in [3.05, 3.63) is 89.0 Å². The van der Waals surface area contributed by atoms with Crippen LogP contribution in [0.4, 0.5) is 10.5 Å². The summed E-state index contributed by atoms with van der Waals surface area (Å²) in [5, 5.41) is 2.68. The molecule has 1 N–H and O–H groups in total. The molecule has 3 aromatic carbocycles. The Morgan fingerprint density at radius 3 is 2.15 bits per heavy atom. The molecule has 3 aromatic rings. The molecule has 0 aromatic heterocycles. The first-order valence-corrected chi connectivity index (χ1v) is 10.7. The fraction of sp³-hybridized carbons (Fsp3) is 0.214. The monoisotopic (exact) mass is 439 g/mol. The summed E-state index contributed by atoms with van der Waals surface area (Å²) in [6.45, 7) is 5.54. The Bertz CT molecular complexity index is 1220. The average Bonchev–Trinajstić information content (AvgIpc) is 3.10. The van der Waals surface area contributed by atoms with Crippen LogP contribution in [0.1, 0.15) is 53.7 Å². The van der Waals surface area contributed by atoms with E-state index in [1.165, 1.54) is 6.07 Å². The van der Waals surface area contributed by atoms with Gasteiger partial charge in [0.05, 0.1) is 5.56 Å². The van der Waals surface area contributed by atoms with Gasteiger partial charge in [-0.25, -0.2) is 9.59 Å². The van der Waals surface area contributed by atoms with E-state index in [0.717, 1.165) is 22.3 Å². The molecule has 0 fully saturated rings. The predicted molar refractivity (Wildman–Crippen MR) is 128 cm³/mol. The fourth-order valence-electron chi connectivity index (χ4n) is 3.99. The van der Waals surface area contributed by atoms with E-state index in [-0.39, 0.29) is 18.1 Å². The minimum atomic E-state index is -0.649. The number of fused-ring (bicyclic) bond motifs is 3. The fourth-order valence-corrected chi connectivity index (χ4v) is 3.99. The Labute approximate surface area is 193 Å². The van der Waals surface area contributed by atoms with Crippen molar-refractivity contribution in [2.75, 3.05) is 11.9 Å². The van der Waals surface area contributed by atoms with Crippen LogP contribution in [-0.2, 0) is 9.47 Å². The average molecular weight is 440 g/mol. The minimum Gasteiger partial charge on any atom is -0.456 e. The lowest BCUT2D eigenvalue weighted by Crippen LogP contribution is -2.24. The van der Waals surface area contributed by atoms with E-state index < -0.39 is 17.7 Å². The molecular weight excluding hydrogens is 414 g/mol. The van der Waals surface area contributed by atoms with Gasteiger partial charge in [-0.1, -0.05) is 54.5 Å². The van der Waals surface area contributed by atoms with Gasteiger partial charge in [-0.15, -0.1) is 6.42 Å². The number of carbonyl (C=O) groups is 2. The highest BCUT2D eigenvalue weighted by atomic mass is 16.6. The van der Waals surface area contributed by atoms with Gasteiger partial charge in [0.1, 0.15) is 12.2 Å². The maximum absolute atomic E-state index is 12.6. The number of esters is 1. The molecule has 33 heavy (non-hydrogen) atoms. The number of nitrogens with one attached hydrogen (secondary N) is 1. The Hall–Kier alpha value is -4.04. The predicted octanol–water partition coefficient (Wildman–Crippen LogP) is 5.98. The second kappa shape index (κ2) is 8.84. The molecule has 0 atom stereocenters. The van der Waals surface area contributed by atoms with Crippen molar-refractivity contribution >= 4 is 17.7 Å². The third kappa shape index (κ3) is 4.91. The number of terminal acetylenes is 1. The van der Waals surface area contributed by atoms with Gasteiger partial charge in [0.25, 0.3) is 0 Å². The summed E-state index contributed by atoms with van der Waals surface area (Å²) in [5.41, 5.74) is 5.01. The molecule has 1 aliphatic carbocycles. The number of anilines is 1. The van der Waals surface area contributed by atoms with Crippen LogP contribution in [0.15, 0.2) is 66.7 Å². The van der Waals surface area contributed by atoms with Crippen molar-refractivity contribution in [2.45, 2.75) is 32.3 Å². The number of carbonyl (C=O) groups excluding carboxylic acids is 2. The number of hydrogen-bond donors (Lipinski definition) is 1. The lowest BCUT2D eigenvalue weighted by atomic mass is 9.98. The van der Waals surface area contributed by atoms with Crippen molar-refractivity contribution in [3.8, 4) is 23.5 Å². The summed E-state index contributed by atoms with van der Waals surface area (Å²) in [5.74, 6) is 1.94. The zero-order valence-electron chi connectivity index (χ0n) is 18.8. The molecule has 5 heteroatoms. The molecule has 0 heterocycles. The first-order chi connectivity index (χ1) is 15.7. The largest absolute Gasteiger partial charge is 0.456 e. The molecule has 0 spiro atoms. The van der Waals surface area contributed by atoms with Crippen molar-refractivity contribution in [2.24, 2.45) is 0 Å². The van der Waals surface area contributed by atoms with E-state index in [9.17, 15) is 9.59 Å². The number of rotatable bonds is 4.